The van der Waals surface area contributed by atoms with Gasteiger partial charge in [-0.3, -0.25) is 4.79 Å². The molecule has 0 rings (SSSR count). The number of nitrogens with zero attached hydrogens (tertiary/aromatic N) is 2. The van der Waals surface area contributed by atoms with Gasteiger partial charge in [0, 0.05) is 19.1 Å². The average Bonchev–Trinajstić information content (AvgIpc) is 2.17. The van der Waals surface area contributed by atoms with Gasteiger partial charge in [-0.1, -0.05) is 0 Å². The van der Waals surface area contributed by atoms with E-state index in [1.807, 2.05) is 27.7 Å². The molecule has 0 heterocycles. The number of rotatable bonds is 5. The topological polar surface area (TPSA) is 70.7 Å². The van der Waals surface area contributed by atoms with Crippen LogP contribution in [0.25, 0.3) is 0 Å². The molecular weight excluding hydrogens is 204 g/mol. The molecule has 94 valence electrons. The fourth-order valence-electron chi connectivity index (χ4n) is 1.40. The molecule has 0 radical (unpaired) electrons. The molecule has 0 saturated heterocycles. The van der Waals surface area contributed by atoms with Crippen LogP contribution in [0.1, 0.15) is 34.6 Å². The van der Waals surface area contributed by atoms with Gasteiger partial charge in [-0.2, -0.15) is 0 Å². The molecule has 5 nitrogen and oxygen atoms in total. The Morgan fingerprint density at radius 3 is 2.19 bits per heavy atom. The van der Waals surface area contributed by atoms with Crippen molar-refractivity contribution in [2.45, 2.75) is 46.7 Å². The summed E-state index contributed by atoms with van der Waals surface area (Å²) in [6.07, 6.45) is 0. The Hall–Kier alpha value is -1.26. The molecule has 0 aromatic heterocycles. The molecular formula is C11H24N4O. The van der Waals surface area contributed by atoms with E-state index in [0.29, 0.717) is 19.0 Å². The second kappa shape index (κ2) is 7.09. The molecule has 1 atom stereocenters. The van der Waals surface area contributed by atoms with Crippen molar-refractivity contribution in [3.05, 3.63) is 0 Å². The Morgan fingerprint density at radius 1 is 1.31 bits per heavy atom. The molecule has 0 aromatic rings. The van der Waals surface area contributed by atoms with Crippen LogP contribution < -0.4 is 11.1 Å². The minimum atomic E-state index is -0.425. The van der Waals surface area contributed by atoms with Crippen molar-refractivity contribution in [3.63, 3.8) is 0 Å². The van der Waals surface area contributed by atoms with Gasteiger partial charge in [-0.25, -0.2) is 4.99 Å². The highest BCUT2D eigenvalue weighted by Gasteiger charge is 2.17. The summed E-state index contributed by atoms with van der Waals surface area (Å²) in [7, 11) is 0. The number of carbonyl (C=O) groups excluding carboxylic acids is 1. The summed E-state index contributed by atoms with van der Waals surface area (Å²) in [6.45, 7) is 11.0. The number of aliphatic imine (C=N–C) groups is 1. The monoisotopic (exact) mass is 228 g/mol. The Bertz CT molecular complexity index is 246. The number of amides is 1. The summed E-state index contributed by atoms with van der Waals surface area (Å²) in [5, 5.41) is 2.96. The lowest BCUT2D eigenvalue weighted by Gasteiger charge is -2.21. The number of guanidine groups is 1. The second-order valence-electron chi connectivity index (χ2n) is 4.00. The van der Waals surface area contributed by atoms with Gasteiger partial charge in [0.25, 0.3) is 0 Å². The number of carbonyl (C=O) groups is 1. The first-order chi connectivity index (χ1) is 7.42. The van der Waals surface area contributed by atoms with Crippen molar-refractivity contribution in [1.29, 1.82) is 0 Å². The molecule has 5 heteroatoms. The first-order valence-electron chi connectivity index (χ1n) is 5.80. The van der Waals surface area contributed by atoms with Gasteiger partial charge in [-0.15, -0.1) is 0 Å². The molecule has 0 bridgehead atoms. The molecule has 0 aliphatic heterocycles. The maximum Gasteiger partial charge on any atom is 0.247 e. The molecule has 0 spiro atoms. The molecule has 1 amide bonds. The van der Waals surface area contributed by atoms with Crippen molar-refractivity contribution >= 4 is 11.9 Å². The van der Waals surface area contributed by atoms with Crippen molar-refractivity contribution < 1.29 is 4.79 Å². The largest absolute Gasteiger partial charge is 0.370 e. The molecule has 0 aromatic carbocycles. The van der Waals surface area contributed by atoms with E-state index < -0.39 is 6.04 Å². The summed E-state index contributed by atoms with van der Waals surface area (Å²) in [5.74, 6) is 0.335. The zero-order chi connectivity index (χ0) is 12.7. The van der Waals surface area contributed by atoms with Gasteiger partial charge in [0.1, 0.15) is 6.04 Å². The molecule has 0 aliphatic rings. The predicted molar refractivity (Wildman–Crippen MR) is 67.3 cm³/mol. The predicted octanol–water partition coefficient (Wildman–Crippen LogP) is 0.556. The van der Waals surface area contributed by atoms with Gasteiger partial charge in [-0.05, 0) is 34.6 Å². The maximum absolute atomic E-state index is 11.9. The van der Waals surface area contributed by atoms with E-state index in [4.69, 9.17) is 5.73 Å². The van der Waals surface area contributed by atoms with E-state index in [1.165, 1.54) is 0 Å². The highest BCUT2D eigenvalue weighted by Crippen LogP contribution is 1.98. The Balaban J connectivity index is 4.43. The number of likely N-dealkylation sites (N-methyl/N-ethyl adjacent to an activating group) is 1. The van der Waals surface area contributed by atoms with Crippen LogP contribution in [0.15, 0.2) is 4.99 Å². The zero-order valence-corrected chi connectivity index (χ0v) is 10.9. The Kier molecular flexibility index (Phi) is 6.53. The van der Waals surface area contributed by atoms with E-state index in [2.05, 4.69) is 10.3 Å². The summed E-state index contributed by atoms with van der Waals surface area (Å²) in [5.41, 5.74) is 5.66. The lowest BCUT2D eigenvalue weighted by atomic mass is 10.3. The van der Waals surface area contributed by atoms with E-state index in [9.17, 15) is 4.79 Å². The summed E-state index contributed by atoms with van der Waals surface area (Å²) in [6, 6.07) is -0.203. The Labute approximate surface area is 98.1 Å². The smallest absolute Gasteiger partial charge is 0.247 e. The lowest BCUT2D eigenvalue weighted by molar-refractivity contribution is -0.131. The summed E-state index contributed by atoms with van der Waals surface area (Å²) in [4.78, 5) is 17.7. The van der Waals surface area contributed by atoms with Gasteiger partial charge in [0.05, 0.1) is 0 Å². The van der Waals surface area contributed by atoms with Gasteiger partial charge in [0.15, 0.2) is 5.96 Å². The second-order valence-corrected chi connectivity index (χ2v) is 4.00. The van der Waals surface area contributed by atoms with Crippen LogP contribution in [0.4, 0.5) is 0 Å². The fourth-order valence-corrected chi connectivity index (χ4v) is 1.40. The molecule has 3 N–H and O–H groups in total. The van der Waals surface area contributed by atoms with Crippen LogP contribution in [0.3, 0.4) is 0 Å². The van der Waals surface area contributed by atoms with Crippen LogP contribution >= 0.6 is 0 Å². The number of nitrogens with one attached hydrogen (secondary N) is 1. The van der Waals surface area contributed by atoms with Gasteiger partial charge < -0.3 is 16.0 Å². The summed E-state index contributed by atoms with van der Waals surface area (Å²) >= 11 is 0. The average molecular weight is 228 g/mol. The van der Waals surface area contributed by atoms with Crippen LogP contribution in [0.5, 0.6) is 0 Å². The van der Waals surface area contributed by atoms with Crippen LogP contribution in [-0.4, -0.2) is 41.9 Å². The number of hydrogen-bond acceptors (Lipinski definition) is 2. The van der Waals surface area contributed by atoms with Crippen molar-refractivity contribution in [2.75, 3.05) is 13.1 Å². The first-order valence-corrected chi connectivity index (χ1v) is 5.80. The number of hydrogen-bond donors (Lipinski definition) is 2. The van der Waals surface area contributed by atoms with Crippen molar-refractivity contribution in [2.24, 2.45) is 10.7 Å². The Morgan fingerprint density at radius 2 is 1.81 bits per heavy atom. The molecule has 1 unspecified atom stereocenters. The quantitative estimate of drug-likeness (QED) is 0.533. The normalized spacial score (nSPS) is 13.8. The minimum absolute atomic E-state index is 0.0125. The standard InChI is InChI=1S/C11H24N4O/c1-6-15(7-2)10(16)9(5)14-11(12)13-8(3)4/h8-9H,6-7H2,1-5H3,(H3,12,13,14). The van der Waals surface area contributed by atoms with Gasteiger partial charge >= 0.3 is 0 Å². The highest BCUT2D eigenvalue weighted by molar-refractivity contribution is 5.86. The third-order valence-corrected chi connectivity index (χ3v) is 2.20. The third-order valence-electron chi connectivity index (χ3n) is 2.20. The third kappa shape index (κ3) is 5.00. The maximum atomic E-state index is 11.9. The van der Waals surface area contributed by atoms with E-state index in [-0.39, 0.29) is 11.9 Å². The molecule has 0 fully saturated rings. The minimum Gasteiger partial charge on any atom is -0.370 e. The first kappa shape index (κ1) is 14.7. The molecule has 0 saturated carbocycles. The van der Waals surface area contributed by atoms with Crippen LogP contribution in [0, 0.1) is 0 Å². The lowest BCUT2D eigenvalue weighted by Crippen LogP contribution is -2.41. The zero-order valence-electron chi connectivity index (χ0n) is 10.9. The SMILES string of the molecule is CCN(CC)C(=O)C(C)N=C(N)NC(C)C. The van der Waals surface area contributed by atoms with Crippen LogP contribution in [-0.2, 0) is 4.79 Å². The van der Waals surface area contributed by atoms with Gasteiger partial charge in [0.2, 0.25) is 5.91 Å². The van der Waals surface area contributed by atoms with Crippen molar-refractivity contribution in [1.82, 2.24) is 10.2 Å². The molecule has 0 aliphatic carbocycles. The highest BCUT2D eigenvalue weighted by atomic mass is 16.2. The fraction of sp³-hybridized carbons (Fsp3) is 0.818. The molecule has 16 heavy (non-hydrogen) atoms. The summed E-state index contributed by atoms with van der Waals surface area (Å²) < 4.78 is 0. The van der Waals surface area contributed by atoms with E-state index in [1.54, 1.807) is 11.8 Å². The number of nitrogens with two attached hydrogens (primary N) is 1. The van der Waals surface area contributed by atoms with Crippen LogP contribution in [0.2, 0.25) is 0 Å². The van der Waals surface area contributed by atoms with E-state index in [0.717, 1.165) is 0 Å². The van der Waals surface area contributed by atoms with Crippen molar-refractivity contribution in [3.8, 4) is 0 Å². The van der Waals surface area contributed by atoms with E-state index >= 15 is 0 Å².